The molecule has 0 aliphatic carbocycles. The summed E-state index contributed by atoms with van der Waals surface area (Å²) in [5, 5.41) is 2.88. The molecule has 0 bridgehead atoms. The van der Waals surface area contributed by atoms with Crippen LogP contribution < -0.4 is 0 Å². The van der Waals surface area contributed by atoms with Crippen LogP contribution in [-0.2, 0) is 17.9 Å². The quantitative estimate of drug-likeness (QED) is 0.861. The van der Waals surface area contributed by atoms with Crippen LogP contribution in [0.2, 0.25) is 0 Å². The lowest BCUT2D eigenvalue weighted by atomic mass is 10.2. The zero-order chi connectivity index (χ0) is 13.7. The molecule has 100 valence electrons. The lowest BCUT2D eigenvalue weighted by Crippen LogP contribution is -2.26. The maximum atomic E-state index is 11.8. The van der Waals surface area contributed by atoms with E-state index in [1.54, 1.807) is 18.4 Å². The largest absolute Gasteiger partial charge is 0.445 e. The van der Waals surface area contributed by atoms with Gasteiger partial charge in [0, 0.05) is 18.1 Å². The number of amides is 1. The first-order valence-corrected chi connectivity index (χ1v) is 6.86. The molecule has 0 fully saturated rings. The van der Waals surface area contributed by atoms with Gasteiger partial charge in [-0.25, -0.2) is 9.78 Å². The van der Waals surface area contributed by atoms with Crippen molar-refractivity contribution in [3.05, 3.63) is 52.0 Å². The zero-order valence-electron chi connectivity index (χ0n) is 11.0. The third-order valence-electron chi connectivity index (χ3n) is 2.56. The molecule has 0 aliphatic rings. The van der Waals surface area contributed by atoms with Gasteiger partial charge >= 0.3 is 6.09 Å². The lowest BCUT2D eigenvalue weighted by Gasteiger charge is -2.15. The number of ether oxygens (including phenoxy) is 1. The smallest absolute Gasteiger partial charge is 0.410 e. The van der Waals surface area contributed by atoms with Crippen molar-refractivity contribution in [3.63, 3.8) is 0 Å². The molecule has 4 nitrogen and oxygen atoms in total. The molecule has 2 aromatic rings. The molecule has 0 saturated heterocycles. The number of nitrogens with zero attached hydrogens (tertiary/aromatic N) is 2. The highest BCUT2D eigenvalue weighted by Gasteiger charge is 2.12. The van der Waals surface area contributed by atoms with Crippen LogP contribution in [0.15, 0.2) is 35.7 Å². The summed E-state index contributed by atoms with van der Waals surface area (Å²) < 4.78 is 5.23. The fraction of sp³-hybridized carbons (Fsp3) is 0.286. The Hall–Kier alpha value is -1.88. The van der Waals surface area contributed by atoms with Gasteiger partial charge in [-0.1, -0.05) is 30.3 Å². The van der Waals surface area contributed by atoms with E-state index in [1.165, 1.54) is 4.90 Å². The number of hydrogen-bond acceptors (Lipinski definition) is 4. The summed E-state index contributed by atoms with van der Waals surface area (Å²) in [4.78, 5) is 17.7. The van der Waals surface area contributed by atoms with E-state index in [9.17, 15) is 4.79 Å². The number of rotatable bonds is 4. The lowest BCUT2D eigenvalue weighted by molar-refractivity contribution is 0.103. The molecule has 5 heteroatoms. The van der Waals surface area contributed by atoms with Crippen molar-refractivity contribution in [2.24, 2.45) is 0 Å². The summed E-state index contributed by atoms with van der Waals surface area (Å²) in [7, 11) is 1.71. The highest BCUT2D eigenvalue weighted by molar-refractivity contribution is 7.09. The molecule has 1 aromatic heterocycles. The molecule has 0 spiro atoms. The molecular weight excluding hydrogens is 260 g/mol. The van der Waals surface area contributed by atoms with Gasteiger partial charge in [0.15, 0.2) is 0 Å². The van der Waals surface area contributed by atoms with Crippen LogP contribution in [0, 0.1) is 6.92 Å². The van der Waals surface area contributed by atoms with Crippen LogP contribution >= 0.6 is 11.3 Å². The number of hydrogen-bond donors (Lipinski definition) is 0. The highest BCUT2D eigenvalue weighted by Crippen LogP contribution is 2.11. The Bertz CT molecular complexity index is 539. The highest BCUT2D eigenvalue weighted by atomic mass is 32.1. The van der Waals surface area contributed by atoms with E-state index >= 15 is 0 Å². The molecule has 0 radical (unpaired) electrons. The normalized spacial score (nSPS) is 10.2. The summed E-state index contributed by atoms with van der Waals surface area (Å²) in [5.41, 5.74) is 1.96. The molecule has 1 heterocycles. The first kappa shape index (κ1) is 13.5. The number of thiazole rings is 1. The molecule has 1 amide bonds. The molecule has 19 heavy (non-hydrogen) atoms. The van der Waals surface area contributed by atoms with E-state index in [-0.39, 0.29) is 6.09 Å². The van der Waals surface area contributed by atoms with E-state index in [4.69, 9.17) is 4.74 Å². The first-order valence-electron chi connectivity index (χ1n) is 5.98. The summed E-state index contributed by atoms with van der Waals surface area (Å²) in [5.74, 6) is 0. The number of aromatic nitrogens is 1. The fourth-order valence-corrected chi connectivity index (χ4v) is 2.40. The predicted molar refractivity (Wildman–Crippen MR) is 74.9 cm³/mol. The molecule has 0 atom stereocenters. The zero-order valence-corrected chi connectivity index (χ0v) is 11.8. The van der Waals surface area contributed by atoms with Crippen LogP contribution in [0.25, 0.3) is 0 Å². The third-order valence-corrected chi connectivity index (χ3v) is 3.51. The van der Waals surface area contributed by atoms with Crippen molar-refractivity contribution in [2.45, 2.75) is 20.1 Å². The Morgan fingerprint density at radius 3 is 2.74 bits per heavy atom. The maximum Gasteiger partial charge on any atom is 0.410 e. The van der Waals surface area contributed by atoms with Crippen LogP contribution in [-0.4, -0.2) is 23.0 Å². The number of aryl methyl sites for hydroxylation is 1. The van der Waals surface area contributed by atoms with Crippen LogP contribution in [0.5, 0.6) is 0 Å². The summed E-state index contributed by atoms with van der Waals surface area (Å²) in [6.07, 6.45) is -0.336. The monoisotopic (exact) mass is 276 g/mol. The first-order chi connectivity index (χ1) is 9.15. The van der Waals surface area contributed by atoms with Crippen molar-refractivity contribution in [3.8, 4) is 0 Å². The average Bonchev–Trinajstić information content (AvgIpc) is 2.82. The van der Waals surface area contributed by atoms with Gasteiger partial charge in [0.1, 0.15) is 11.6 Å². The molecule has 1 aromatic carbocycles. The van der Waals surface area contributed by atoms with Crippen molar-refractivity contribution in [2.75, 3.05) is 7.05 Å². The summed E-state index contributed by atoms with van der Waals surface area (Å²) >= 11 is 1.55. The maximum absolute atomic E-state index is 11.8. The van der Waals surface area contributed by atoms with Crippen LogP contribution in [0.4, 0.5) is 4.79 Å². The van der Waals surface area contributed by atoms with Crippen LogP contribution in [0.3, 0.4) is 0 Å². The Morgan fingerprint density at radius 2 is 2.11 bits per heavy atom. The second-order valence-corrected chi connectivity index (χ2v) is 5.22. The Morgan fingerprint density at radius 1 is 1.37 bits per heavy atom. The number of carbonyl (C=O) groups is 1. The molecule has 0 saturated carbocycles. The molecule has 0 unspecified atom stereocenters. The molecule has 2 rings (SSSR count). The SMILES string of the molecule is Cc1csc(CN(C)C(=O)OCc2ccccc2)n1. The van der Waals surface area contributed by atoms with E-state index in [0.29, 0.717) is 13.2 Å². The predicted octanol–water partition coefficient (Wildman–Crippen LogP) is 3.22. The van der Waals surface area contributed by atoms with Crippen molar-refractivity contribution in [1.29, 1.82) is 0 Å². The fourth-order valence-electron chi connectivity index (χ4n) is 1.57. The number of carbonyl (C=O) groups excluding carboxylic acids is 1. The number of benzene rings is 1. The second-order valence-electron chi connectivity index (χ2n) is 4.28. The van der Waals surface area contributed by atoms with Gasteiger partial charge in [0.05, 0.1) is 6.54 Å². The van der Waals surface area contributed by atoms with Gasteiger partial charge in [-0.15, -0.1) is 11.3 Å². The molecule has 0 aliphatic heterocycles. The van der Waals surface area contributed by atoms with E-state index < -0.39 is 0 Å². The minimum absolute atomic E-state index is 0.293. The standard InChI is InChI=1S/C14H16N2O2S/c1-11-10-19-13(15-11)8-16(2)14(17)18-9-12-6-4-3-5-7-12/h3-7,10H,8-9H2,1-2H3. The van der Waals surface area contributed by atoms with Crippen molar-refractivity contribution in [1.82, 2.24) is 9.88 Å². The van der Waals surface area contributed by atoms with Gasteiger partial charge in [-0.05, 0) is 12.5 Å². The average molecular weight is 276 g/mol. The second kappa shape index (κ2) is 6.33. The van der Waals surface area contributed by atoms with E-state index in [2.05, 4.69) is 4.98 Å². The Kier molecular flexibility index (Phi) is 4.52. The van der Waals surface area contributed by atoms with Gasteiger partial charge in [-0.3, -0.25) is 0 Å². The minimum atomic E-state index is -0.336. The van der Waals surface area contributed by atoms with Gasteiger partial charge < -0.3 is 9.64 Å². The minimum Gasteiger partial charge on any atom is -0.445 e. The Labute approximate surface area is 116 Å². The third kappa shape index (κ3) is 4.06. The Balaban J connectivity index is 1.82. The summed E-state index contributed by atoms with van der Waals surface area (Å²) in [6.45, 7) is 2.71. The molecule has 0 N–H and O–H groups in total. The topological polar surface area (TPSA) is 42.4 Å². The molecular formula is C14H16N2O2S. The van der Waals surface area contributed by atoms with E-state index in [0.717, 1.165) is 16.3 Å². The van der Waals surface area contributed by atoms with Gasteiger partial charge in [0.2, 0.25) is 0 Å². The summed E-state index contributed by atoms with van der Waals surface area (Å²) in [6, 6.07) is 9.63. The van der Waals surface area contributed by atoms with Crippen molar-refractivity contribution >= 4 is 17.4 Å². The van der Waals surface area contributed by atoms with E-state index in [1.807, 2.05) is 42.6 Å². The van der Waals surface area contributed by atoms with Crippen LogP contribution in [0.1, 0.15) is 16.3 Å². The van der Waals surface area contributed by atoms with Gasteiger partial charge in [-0.2, -0.15) is 0 Å². The van der Waals surface area contributed by atoms with Gasteiger partial charge in [0.25, 0.3) is 0 Å². The van der Waals surface area contributed by atoms with Crippen molar-refractivity contribution < 1.29 is 9.53 Å².